The number of hydrogen-bond acceptors (Lipinski definition) is 4. The highest BCUT2D eigenvalue weighted by Crippen LogP contribution is 2.37. The summed E-state index contributed by atoms with van der Waals surface area (Å²) in [6.07, 6.45) is 0. The molecule has 0 fully saturated rings. The smallest absolute Gasteiger partial charge is 0.289 e. The molecule has 0 spiro atoms. The van der Waals surface area contributed by atoms with Crippen molar-refractivity contribution in [2.24, 2.45) is 0 Å². The topological polar surface area (TPSA) is 66.5 Å². The molecule has 0 aliphatic heterocycles. The normalized spacial score (nSPS) is 11.8. The second-order valence-corrected chi connectivity index (χ2v) is 8.57. The highest BCUT2D eigenvalue weighted by atomic mass is 35.5. The number of benzene rings is 2. The summed E-state index contributed by atoms with van der Waals surface area (Å²) < 4.78 is 51.0. The molecule has 140 valence electrons. The molecule has 1 N–H and O–H groups in total. The van der Waals surface area contributed by atoms with Crippen LogP contribution in [0.1, 0.15) is 0 Å². The molecule has 2 rings (SSSR count). The van der Waals surface area contributed by atoms with Crippen LogP contribution in [0.4, 0.5) is 14.5 Å². The fraction of sp³-hybridized carbons (Fsp3) is 0.188. The molecule has 0 saturated carbocycles. The summed E-state index contributed by atoms with van der Waals surface area (Å²) in [7, 11) is -2.58. The number of carbonyl (C=O) groups is 1. The molecule has 0 heterocycles. The van der Waals surface area contributed by atoms with E-state index in [1.54, 1.807) is 18.2 Å². The number of hydrogen-bond donors (Lipinski definition) is 1. The molecule has 2 aromatic carbocycles. The minimum atomic E-state index is -3.84. The van der Waals surface area contributed by atoms with Gasteiger partial charge in [0.25, 0.3) is 5.76 Å². The second kappa shape index (κ2) is 8.81. The Bertz CT molecular complexity index is 880. The molecule has 5 nitrogen and oxygen atoms in total. The predicted molar refractivity (Wildman–Crippen MR) is 98.2 cm³/mol. The second-order valence-electron chi connectivity index (χ2n) is 5.12. The zero-order valence-electron chi connectivity index (χ0n) is 13.5. The van der Waals surface area contributed by atoms with E-state index < -0.39 is 28.2 Å². The van der Waals surface area contributed by atoms with Crippen molar-refractivity contribution < 1.29 is 22.0 Å². The van der Waals surface area contributed by atoms with Crippen LogP contribution in [0.15, 0.2) is 58.3 Å². The van der Waals surface area contributed by atoms with Crippen LogP contribution >= 0.6 is 23.4 Å². The van der Waals surface area contributed by atoms with Gasteiger partial charge in [-0.05, 0) is 24.3 Å². The van der Waals surface area contributed by atoms with Gasteiger partial charge in [0.15, 0.2) is 0 Å². The molecular weight excluding hydrogens is 406 g/mol. The van der Waals surface area contributed by atoms with Crippen LogP contribution in [0.2, 0.25) is 5.02 Å². The Morgan fingerprint density at radius 2 is 1.85 bits per heavy atom. The number of anilines is 1. The van der Waals surface area contributed by atoms with Gasteiger partial charge in [-0.25, -0.2) is 8.42 Å². The van der Waals surface area contributed by atoms with Crippen molar-refractivity contribution in [2.75, 3.05) is 18.9 Å². The zero-order chi connectivity index (χ0) is 19.3. The number of carbonyl (C=O) groups excluding carboxylic acids is 1. The summed E-state index contributed by atoms with van der Waals surface area (Å²) in [6.45, 7) is -0.484. The SMILES string of the molecule is CN(CC(=O)Nc1cccc(Cl)c1SC(F)F)S(=O)(=O)c1ccccc1. The maximum Gasteiger partial charge on any atom is 0.289 e. The number of rotatable bonds is 7. The summed E-state index contributed by atoms with van der Waals surface area (Å²) in [4.78, 5) is 12.3. The number of halogens is 3. The van der Waals surface area contributed by atoms with E-state index in [2.05, 4.69) is 5.32 Å². The van der Waals surface area contributed by atoms with Crippen molar-refractivity contribution >= 4 is 45.0 Å². The lowest BCUT2D eigenvalue weighted by Gasteiger charge is -2.18. The molecular formula is C16H15ClF2N2O3S2. The molecule has 0 aromatic heterocycles. The Kier molecular flexibility index (Phi) is 6.99. The monoisotopic (exact) mass is 420 g/mol. The first-order valence-corrected chi connectivity index (χ1v) is 9.96. The number of likely N-dealkylation sites (N-methyl/N-ethyl adjacent to an activating group) is 1. The number of nitrogens with one attached hydrogen (secondary N) is 1. The first-order valence-electron chi connectivity index (χ1n) is 7.26. The maximum absolute atomic E-state index is 12.7. The van der Waals surface area contributed by atoms with Crippen LogP contribution in [0, 0.1) is 0 Å². The largest absolute Gasteiger partial charge is 0.324 e. The van der Waals surface area contributed by atoms with Crippen LogP contribution in [-0.2, 0) is 14.8 Å². The minimum Gasteiger partial charge on any atom is -0.324 e. The fourth-order valence-electron chi connectivity index (χ4n) is 2.07. The van der Waals surface area contributed by atoms with E-state index in [9.17, 15) is 22.0 Å². The molecule has 1 amide bonds. The lowest BCUT2D eigenvalue weighted by Crippen LogP contribution is -2.35. The van der Waals surface area contributed by atoms with Gasteiger partial charge in [-0.1, -0.05) is 47.6 Å². The first-order chi connectivity index (χ1) is 12.2. The van der Waals surface area contributed by atoms with E-state index >= 15 is 0 Å². The molecule has 0 atom stereocenters. The predicted octanol–water partition coefficient (Wildman–Crippen LogP) is 3.91. The van der Waals surface area contributed by atoms with E-state index in [0.29, 0.717) is 0 Å². The Morgan fingerprint density at radius 1 is 1.19 bits per heavy atom. The number of nitrogens with zero attached hydrogens (tertiary/aromatic N) is 1. The first kappa shape index (κ1) is 20.6. The van der Waals surface area contributed by atoms with E-state index in [1.165, 1.54) is 37.4 Å². The molecule has 0 aliphatic rings. The Morgan fingerprint density at radius 3 is 2.46 bits per heavy atom. The van der Waals surface area contributed by atoms with Crippen LogP contribution < -0.4 is 5.32 Å². The van der Waals surface area contributed by atoms with E-state index in [0.717, 1.165) is 4.31 Å². The van der Waals surface area contributed by atoms with Crippen molar-refractivity contribution in [3.8, 4) is 0 Å². The Balaban J connectivity index is 2.13. The summed E-state index contributed by atoms with van der Waals surface area (Å²) in [5, 5.41) is 2.50. The van der Waals surface area contributed by atoms with Gasteiger partial charge in [-0.2, -0.15) is 13.1 Å². The number of alkyl halides is 2. The van der Waals surface area contributed by atoms with Gasteiger partial charge in [0.1, 0.15) is 0 Å². The lowest BCUT2D eigenvalue weighted by molar-refractivity contribution is -0.116. The third kappa shape index (κ3) is 5.16. The maximum atomic E-state index is 12.7. The van der Waals surface area contributed by atoms with Gasteiger partial charge in [-0.3, -0.25) is 4.79 Å². The molecule has 0 saturated heterocycles. The van der Waals surface area contributed by atoms with E-state index in [4.69, 9.17) is 11.6 Å². The molecule has 0 aliphatic carbocycles. The van der Waals surface area contributed by atoms with Crippen molar-refractivity contribution in [3.05, 3.63) is 53.6 Å². The molecule has 0 radical (unpaired) electrons. The van der Waals surface area contributed by atoms with Gasteiger partial charge in [-0.15, -0.1) is 0 Å². The van der Waals surface area contributed by atoms with Crippen molar-refractivity contribution in [1.29, 1.82) is 0 Å². The summed E-state index contributed by atoms with van der Waals surface area (Å²) in [5.74, 6) is -3.39. The third-order valence-electron chi connectivity index (χ3n) is 3.27. The van der Waals surface area contributed by atoms with Crippen LogP contribution in [-0.4, -0.2) is 38.0 Å². The van der Waals surface area contributed by atoms with Crippen LogP contribution in [0.25, 0.3) is 0 Å². The Labute approximate surface area is 159 Å². The highest BCUT2D eigenvalue weighted by molar-refractivity contribution is 7.99. The van der Waals surface area contributed by atoms with E-state index in [1.807, 2.05) is 0 Å². The van der Waals surface area contributed by atoms with Gasteiger partial charge < -0.3 is 5.32 Å². The number of amides is 1. The molecule has 0 unspecified atom stereocenters. The third-order valence-corrected chi connectivity index (χ3v) is 6.36. The average Bonchev–Trinajstić information content (AvgIpc) is 2.58. The lowest BCUT2D eigenvalue weighted by atomic mass is 10.3. The minimum absolute atomic E-state index is 0.0195. The standard InChI is InChI=1S/C16H15ClF2N2O3S2/c1-21(26(23,24)11-6-3-2-4-7-11)10-14(22)20-13-9-5-8-12(17)15(13)25-16(18)19/h2-9,16H,10H2,1H3,(H,20,22). The van der Waals surface area contributed by atoms with Crippen LogP contribution in [0.3, 0.4) is 0 Å². The van der Waals surface area contributed by atoms with Crippen molar-refractivity contribution in [3.63, 3.8) is 0 Å². The quantitative estimate of drug-likeness (QED) is 0.689. The van der Waals surface area contributed by atoms with Gasteiger partial charge in [0.05, 0.1) is 27.0 Å². The Hall–Kier alpha value is -1.68. The summed E-state index contributed by atoms with van der Waals surface area (Å²) >= 11 is 6.11. The number of sulfonamides is 1. The van der Waals surface area contributed by atoms with Crippen molar-refractivity contribution in [2.45, 2.75) is 15.5 Å². The summed E-state index contributed by atoms with van der Waals surface area (Å²) in [6, 6.07) is 12.0. The van der Waals surface area contributed by atoms with Gasteiger partial charge in [0.2, 0.25) is 15.9 Å². The average molecular weight is 421 g/mol. The summed E-state index contributed by atoms with van der Waals surface area (Å²) in [5.41, 5.74) is 0.0957. The fourth-order valence-corrected chi connectivity index (χ4v) is 4.13. The van der Waals surface area contributed by atoms with Crippen molar-refractivity contribution in [1.82, 2.24) is 4.31 Å². The molecule has 10 heteroatoms. The highest BCUT2D eigenvalue weighted by Gasteiger charge is 2.23. The van der Waals surface area contributed by atoms with Crippen LogP contribution in [0.5, 0.6) is 0 Å². The molecule has 26 heavy (non-hydrogen) atoms. The number of thioether (sulfide) groups is 1. The molecule has 2 aromatic rings. The zero-order valence-corrected chi connectivity index (χ0v) is 15.9. The molecule has 0 bridgehead atoms. The van der Waals surface area contributed by atoms with Gasteiger partial charge in [0, 0.05) is 7.05 Å². The van der Waals surface area contributed by atoms with Gasteiger partial charge >= 0.3 is 0 Å². The van der Waals surface area contributed by atoms with E-state index in [-0.39, 0.29) is 32.3 Å².